The van der Waals surface area contributed by atoms with Crippen molar-refractivity contribution >= 4 is 19.0 Å². The summed E-state index contributed by atoms with van der Waals surface area (Å²) < 4.78 is 0. The van der Waals surface area contributed by atoms with Crippen LogP contribution in [0.25, 0.3) is 10.4 Å². The molecule has 2 aromatic carbocycles. The van der Waals surface area contributed by atoms with E-state index in [2.05, 4.69) is 10.0 Å². The lowest BCUT2D eigenvalue weighted by Gasteiger charge is -2.15. The molecule has 0 bridgehead atoms. The van der Waals surface area contributed by atoms with E-state index in [1.165, 1.54) is 0 Å². The van der Waals surface area contributed by atoms with Gasteiger partial charge in [-0.15, -0.1) is 0 Å². The molecule has 2 rings (SSSR count). The summed E-state index contributed by atoms with van der Waals surface area (Å²) in [6, 6.07) is 12.6. The third-order valence-electron chi connectivity index (χ3n) is 3.32. The minimum absolute atomic E-state index is 0.249. The van der Waals surface area contributed by atoms with Gasteiger partial charge >= 0.3 is 0 Å². The van der Waals surface area contributed by atoms with Crippen LogP contribution in [0.2, 0.25) is 0 Å². The molecule has 0 saturated carbocycles. The smallest absolute Gasteiger partial charge is 0.216 e. The summed E-state index contributed by atoms with van der Waals surface area (Å²) in [5.74, 6) is 0. The van der Waals surface area contributed by atoms with Gasteiger partial charge in [0.05, 0.1) is 6.54 Å². The molecule has 0 heterocycles. The number of aryl methyl sites for hydroxylation is 2. The van der Waals surface area contributed by atoms with Gasteiger partial charge in [-0.05, 0) is 36.1 Å². The lowest BCUT2D eigenvalue weighted by atomic mass is 10.0. The minimum atomic E-state index is -1.89. The lowest BCUT2D eigenvalue weighted by molar-refractivity contribution is 0.107. The first-order chi connectivity index (χ1) is 10.5. The first kappa shape index (κ1) is 16.2. The van der Waals surface area contributed by atoms with Crippen molar-refractivity contribution in [2.24, 2.45) is 5.11 Å². The quantitative estimate of drug-likeness (QED) is 0.392. The Kier molecular flexibility index (Phi) is 5.29. The van der Waals surface area contributed by atoms with Crippen LogP contribution in [0.4, 0.5) is 0 Å². The van der Waals surface area contributed by atoms with Crippen molar-refractivity contribution in [1.82, 2.24) is 0 Å². The predicted octanol–water partition coefficient (Wildman–Crippen LogP) is 3.97. The van der Waals surface area contributed by atoms with Gasteiger partial charge in [-0.2, -0.15) is 0 Å². The van der Waals surface area contributed by atoms with E-state index >= 15 is 0 Å². The van der Waals surface area contributed by atoms with Crippen LogP contribution in [0.1, 0.15) is 27.0 Å². The van der Waals surface area contributed by atoms with E-state index in [0.29, 0.717) is 10.9 Å². The van der Waals surface area contributed by atoms with Crippen molar-refractivity contribution in [1.29, 1.82) is 0 Å². The van der Waals surface area contributed by atoms with E-state index in [-0.39, 0.29) is 12.1 Å². The maximum Gasteiger partial charge on any atom is 0.216 e. The predicted molar refractivity (Wildman–Crippen MR) is 88.3 cm³/mol. The van der Waals surface area contributed by atoms with Crippen LogP contribution in [-0.2, 0) is 6.54 Å². The molecule has 0 saturated heterocycles. The Bertz CT molecular complexity index is 717. The average molecular weight is 313 g/mol. The Morgan fingerprint density at radius 2 is 1.82 bits per heavy atom. The number of rotatable bonds is 5. The number of carbonyl (C=O) groups is 1. The van der Waals surface area contributed by atoms with Crippen molar-refractivity contribution in [2.75, 3.05) is 0 Å². The zero-order chi connectivity index (χ0) is 16.1. The Balaban J connectivity index is 2.36. The molecule has 0 radical (unpaired) electrons. The van der Waals surface area contributed by atoms with Gasteiger partial charge in [-0.3, -0.25) is 4.79 Å². The Hall–Kier alpha value is -2.19. The van der Waals surface area contributed by atoms with Gasteiger partial charge in [-0.25, -0.2) is 0 Å². The zero-order valence-corrected chi connectivity index (χ0v) is 13.3. The van der Waals surface area contributed by atoms with Gasteiger partial charge in [0.2, 0.25) is 5.52 Å². The summed E-state index contributed by atoms with van der Waals surface area (Å²) in [5.41, 5.74) is 11.1. The number of hydrogen-bond acceptors (Lipinski definition) is 3. The fraction of sp³-hybridized carbons (Fsp3) is 0.188. The van der Waals surface area contributed by atoms with Crippen LogP contribution in [0.3, 0.4) is 0 Å². The molecule has 0 spiro atoms. The molecule has 1 atom stereocenters. The number of azide groups is 1. The van der Waals surface area contributed by atoms with E-state index in [4.69, 9.17) is 5.53 Å². The Morgan fingerprint density at radius 3 is 2.36 bits per heavy atom. The summed E-state index contributed by atoms with van der Waals surface area (Å²) in [4.78, 5) is 25.7. The van der Waals surface area contributed by atoms with Crippen LogP contribution in [0, 0.1) is 13.8 Å². The summed E-state index contributed by atoms with van der Waals surface area (Å²) in [6.45, 7) is 3.90. The Labute approximate surface area is 130 Å². The van der Waals surface area contributed by atoms with Crippen LogP contribution >= 0.6 is 8.15 Å². The number of carbonyl (C=O) groups excluding carboxylic acids is 1. The van der Waals surface area contributed by atoms with Gasteiger partial charge in [0, 0.05) is 15.8 Å². The number of benzene rings is 2. The van der Waals surface area contributed by atoms with Gasteiger partial charge in [0.1, 0.15) is 8.15 Å². The van der Waals surface area contributed by atoms with E-state index < -0.39 is 8.15 Å². The van der Waals surface area contributed by atoms with Crippen molar-refractivity contribution in [3.63, 3.8) is 0 Å². The summed E-state index contributed by atoms with van der Waals surface area (Å²) in [7, 11) is -1.89. The van der Waals surface area contributed by atoms with Crippen molar-refractivity contribution in [3.05, 3.63) is 75.2 Å². The largest absolute Gasteiger partial charge is 0.362 e. The molecule has 0 fully saturated rings. The van der Waals surface area contributed by atoms with E-state index in [9.17, 15) is 9.69 Å². The molecule has 1 N–H and O–H groups in total. The fourth-order valence-electron chi connectivity index (χ4n) is 2.39. The normalized spacial score (nSPS) is 11.6. The van der Waals surface area contributed by atoms with E-state index in [1.807, 2.05) is 32.0 Å². The third-order valence-corrected chi connectivity index (χ3v) is 4.71. The standard InChI is InChI=1S/C16H16N3O2P/c1-11-8-13(10-18-19-17)9-12(2)15(11)16(20)22(21)14-6-4-3-5-7-14/h3-9,21H,10H2,1-2H3. The topological polar surface area (TPSA) is 86.1 Å². The second-order valence-electron chi connectivity index (χ2n) is 4.95. The van der Waals surface area contributed by atoms with Crippen molar-refractivity contribution < 1.29 is 9.69 Å². The van der Waals surface area contributed by atoms with Gasteiger partial charge in [0.15, 0.2) is 0 Å². The molecule has 1 unspecified atom stereocenters. The lowest BCUT2D eigenvalue weighted by Crippen LogP contribution is -2.11. The Morgan fingerprint density at radius 1 is 1.23 bits per heavy atom. The highest BCUT2D eigenvalue weighted by Crippen LogP contribution is 2.36. The number of nitrogens with zero attached hydrogens (tertiary/aromatic N) is 3. The van der Waals surface area contributed by atoms with E-state index in [0.717, 1.165) is 16.7 Å². The highest BCUT2D eigenvalue weighted by molar-refractivity contribution is 7.77. The SMILES string of the molecule is Cc1cc(CN=[N+]=[N-])cc(C)c1C(=O)P(O)c1ccccc1. The molecule has 6 heteroatoms. The molecule has 0 aromatic heterocycles. The van der Waals surface area contributed by atoms with Gasteiger partial charge in [0.25, 0.3) is 0 Å². The molecule has 2 aromatic rings. The summed E-state index contributed by atoms with van der Waals surface area (Å²) in [5, 5.41) is 4.17. The second kappa shape index (κ2) is 7.19. The maximum atomic E-state index is 12.6. The number of hydrogen-bond donors (Lipinski definition) is 1. The highest BCUT2D eigenvalue weighted by Gasteiger charge is 2.23. The van der Waals surface area contributed by atoms with Crippen LogP contribution in [-0.4, -0.2) is 10.4 Å². The van der Waals surface area contributed by atoms with Gasteiger partial charge < -0.3 is 4.89 Å². The molecule has 0 aliphatic heterocycles. The maximum absolute atomic E-state index is 12.6. The first-order valence-electron chi connectivity index (χ1n) is 6.74. The minimum Gasteiger partial charge on any atom is -0.362 e. The molecular formula is C16H16N3O2P. The van der Waals surface area contributed by atoms with Crippen molar-refractivity contribution in [3.8, 4) is 0 Å². The summed E-state index contributed by atoms with van der Waals surface area (Å²) >= 11 is 0. The monoisotopic (exact) mass is 313 g/mol. The van der Waals surface area contributed by atoms with Gasteiger partial charge in [-0.1, -0.05) is 47.6 Å². The molecule has 5 nitrogen and oxygen atoms in total. The third kappa shape index (κ3) is 3.52. The molecule has 0 aliphatic carbocycles. The molecular weight excluding hydrogens is 297 g/mol. The fourth-order valence-corrected chi connectivity index (χ4v) is 3.64. The summed E-state index contributed by atoms with van der Waals surface area (Å²) in [6.07, 6.45) is 0. The molecule has 112 valence electrons. The zero-order valence-electron chi connectivity index (χ0n) is 12.4. The van der Waals surface area contributed by atoms with Crippen molar-refractivity contribution in [2.45, 2.75) is 20.4 Å². The average Bonchev–Trinajstić information content (AvgIpc) is 2.52. The van der Waals surface area contributed by atoms with Crippen LogP contribution < -0.4 is 5.30 Å². The second-order valence-corrected chi connectivity index (χ2v) is 6.49. The van der Waals surface area contributed by atoms with E-state index in [1.54, 1.807) is 24.3 Å². The molecule has 0 aliphatic rings. The van der Waals surface area contributed by atoms with Crippen LogP contribution in [0.5, 0.6) is 0 Å². The molecule has 0 amide bonds. The first-order valence-corrected chi connectivity index (χ1v) is 8.03. The molecule has 22 heavy (non-hydrogen) atoms. The highest BCUT2D eigenvalue weighted by atomic mass is 31.1. The van der Waals surface area contributed by atoms with Crippen LogP contribution in [0.15, 0.2) is 47.6 Å².